The van der Waals surface area contributed by atoms with E-state index in [0.717, 1.165) is 6.42 Å². The number of esters is 2. The minimum Gasteiger partial charge on any atom is -0.479 e. The quantitative estimate of drug-likeness (QED) is 0.677. The maximum atomic E-state index is 11.3. The maximum absolute atomic E-state index is 11.3. The largest absolute Gasteiger partial charge is 0.479 e. The molecule has 0 aromatic carbocycles. The van der Waals surface area contributed by atoms with Gasteiger partial charge in [0.1, 0.15) is 0 Å². The van der Waals surface area contributed by atoms with Gasteiger partial charge in [0.2, 0.25) is 0 Å². The van der Waals surface area contributed by atoms with Gasteiger partial charge in [-0.3, -0.25) is 4.79 Å². The van der Waals surface area contributed by atoms with Crippen molar-refractivity contribution >= 4 is 17.9 Å². The van der Waals surface area contributed by atoms with Gasteiger partial charge in [-0.25, -0.2) is 9.59 Å². The van der Waals surface area contributed by atoms with Crippen LogP contribution >= 0.6 is 0 Å². The van der Waals surface area contributed by atoms with Crippen molar-refractivity contribution in [3.05, 3.63) is 0 Å². The molecule has 98 valence electrons. The molecule has 0 bridgehead atoms. The van der Waals surface area contributed by atoms with Crippen LogP contribution in [0.4, 0.5) is 0 Å². The summed E-state index contributed by atoms with van der Waals surface area (Å²) in [6.45, 7) is 4.51. The Balaban J connectivity index is 4.05. The van der Waals surface area contributed by atoms with Gasteiger partial charge in [0.05, 0.1) is 0 Å². The van der Waals surface area contributed by atoms with Gasteiger partial charge in [-0.1, -0.05) is 13.3 Å². The first-order valence-corrected chi connectivity index (χ1v) is 5.51. The Kier molecular flexibility index (Phi) is 6.93. The summed E-state index contributed by atoms with van der Waals surface area (Å²) in [6.07, 6.45) is -0.556. The van der Waals surface area contributed by atoms with Crippen LogP contribution in [-0.2, 0) is 23.9 Å². The van der Waals surface area contributed by atoms with Crippen LogP contribution in [0, 0.1) is 0 Å². The van der Waals surface area contributed by atoms with E-state index >= 15 is 0 Å². The van der Waals surface area contributed by atoms with E-state index in [1.807, 2.05) is 6.92 Å². The van der Waals surface area contributed by atoms with Gasteiger partial charge < -0.3 is 14.6 Å². The van der Waals surface area contributed by atoms with E-state index in [0.29, 0.717) is 6.42 Å². The number of rotatable bonds is 7. The van der Waals surface area contributed by atoms with Crippen LogP contribution in [0.25, 0.3) is 0 Å². The van der Waals surface area contributed by atoms with Crippen molar-refractivity contribution in [1.82, 2.24) is 0 Å². The number of carbonyl (C=O) groups is 3. The third-order valence-electron chi connectivity index (χ3n) is 2.02. The topological polar surface area (TPSA) is 89.9 Å². The minimum atomic E-state index is -1.25. The highest BCUT2D eigenvalue weighted by atomic mass is 16.6. The van der Waals surface area contributed by atoms with E-state index in [4.69, 9.17) is 9.84 Å². The molecule has 0 saturated carbocycles. The summed E-state index contributed by atoms with van der Waals surface area (Å²) >= 11 is 0. The lowest BCUT2D eigenvalue weighted by molar-refractivity contribution is -0.174. The second-order valence-electron chi connectivity index (χ2n) is 3.65. The number of unbranched alkanes of at least 4 members (excludes halogenated alkanes) is 1. The smallest absolute Gasteiger partial charge is 0.347 e. The molecule has 6 heteroatoms. The predicted octanol–water partition coefficient (Wildman–Crippen LogP) is 1.12. The fraction of sp³-hybridized carbons (Fsp3) is 0.727. The molecule has 0 saturated heterocycles. The zero-order valence-electron chi connectivity index (χ0n) is 10.3. The molecule has 0 amide bonds. The summed E-state index contributed by atoms with van der Waals surface area (Å²) in [7, 11) is 0. The molecule has 17 heavy (non-hydrogen) atoms. The van der Waals surface area contributed by atoms with Gasteiger partial charge in [0.25, 0.3) is 0 Å². The van der Waals surface area contributed by atoms with Crippen molar-refractivity contribution in [3.63, 3.8) is 0 Å². The van der Waals surface area contributed by atoms with E-state index in [1.165, 1.54) is 13.8 Å². The number of carbonyl (C=O) groups excluding carboxylic acids is 2. The second kappa shape index (κ2) is 7.65. The molecule has 0 aliphatic heterocycles. The lowest BCUT2D eigenvalue weighted by Crippen LogP contribution is -2.32. The van der Waals surface area contributed by atoms with Crippen LogP contribution in [0.15, 0.2) is 0 Å². The highest BCUT2D eigenvalue weighted by Gasteiger charge is 2.23. The Bertz CT molecular complexity index is 286. The minimum absolute atomic E-state index is 0.239. The molecule has 0 rings (SSSR count). The summed E-state index contributed by atoms with van der Waals surface area (Å²) in [5.41, 5.74) is 0. The van der Waals surface area contributed by atoms with Crippen LogP contribution in [0.5, 0.6) is 0 Å². The maximum Gasteiger partial charge on any atom is 0.347 e. The molecule has 0 radical (unpaired) electrons. The number of aliphatic carboxylic acids is 1. The first-order valence-electron chi connectivity index (χ1n) is 5.51. The molecular weight excluding hydrogens is 228 g/mol. The molecule has 0 fully saturated rings. The second-order valence-corrected chi connectivity index (χ2v) is 3.65. The molecule has 0 aliphatic rings. The van der Waals surface area contributed by atoms with E-state index in [9.17, 15) is 14.4 Å². The monoisotopic (exact) mass is 246 g/mol. The fourth-order valence-electron chi connectivity index (χ4n) is 0.946. The molecule has 2 atom stereocenters. The van der Waals surface area contributed by atoms with Crippen LogP contribution in [-0.4, -0.2) is 35.2 Å². The van der Waals surface area contributed by atoms with Gasteiger partial charge in [-0.2, -0.15) is 0 Å². The first kappa shape index (κ1) is 15.4. The Morgan fingerprint density at radius 1 is 1.12 bits per heavy atom. The van der Waals surface area contributed by atoms with Crippen LogP contribution in [0.2, 0.25) is 0 Å². The summed E-state index contributed by atoms with van der Waals surface area (Å²) in [5, 5.41) is 8.53. The third kappa shape index (κ3) is 6.55. The highest BCUT2D eigenvalue weighted by Crippen LogP contribution is 2.03. The number of ether oxygens (including phenoxy) is 2. The van der Waals surface area contributed by atoms with Crippen LogP contribution in [0.1, 0.15) is 40.0 Å². The number of hydrogen-bond donors (Lipinski definition) is 1. The van der Waals surface area contributed by atoms with E-state index in [1.54, 1.807) is 0 Å². The summed E-state index contributed by atoms with van der Waals surface area (Å²) < 4.78 is 9.35. The average molecular weight is 246 g/mol. The number of carboxylic acid groups (broad SMARTS) is 1. The third-order valence-corrected chi connectivity index (χ3v) is 2.02. The number of carboxylic acids is 1. The Morgan fingerprint density at radius 2 is 1.71 bits per heavy atom. The molecule has 0 spiro atoms. The van der Waals surface area contributed by atoms with Crippen molar-refractivity contribution in [2.24, 2.45) is 0 Å². The van der Waals surface area contributed by atoms with E-state index < -0.39 is 30.1 Å². The van der Waals surface area contributed by atoms with Crippen molar-refractivity contribution in [1.29, 1.82) is 0 Å². The molecule has 2 unspecified atom stereocenters. The van der Waals surface area contributed by atoms with Crippen LogP contribution in [0.3, 0.4) is 0 Å². The van der Waals surface area contributed by atoms with Crippen molar-refractivity contribution in [3.8, 4) is 0 Å². The Morgan fingerprint density at radius 3 is 2.18 bits per heavy atom. The molecular formula is C11H18O6. The summed E-state index contributed by atoms with van der Waals surface area (Å²) in [4.78, 5) is 32.9. The molecule has 6 nitrogen and oxygen atoms in total. The molecule has 1 N–H and O–H groups in total. The molecule has 0 heterocycles. The average Bonchev–Trinajstić information content (AvgIpc) is 2.25. The van der Waals surface area contributed by atoms with Gasteiger partial charge in [0.15, 0.2) is 12.2 Å². The molecule has 0 aliphatic carbocycles. The van der Waals surface area contributed by atoms with Crippen molar-refractivity contribution in [2.75, 3.05) is 0 Å². The van der Waals surface area contributed by atoms with Gasteiger partial charge in [0, 0.05) is 6.42 Å². The van der Waals surface area contributed by atoms with Gasteiger partial charge in [-0.05, 0) is 20.3 Å². The lowest BCUT2D eigenvalue weighted by atomic mass is 10.2. The molecule has 0 aromatic heterocycles. The van der Waals surface area contributed by atoms with Crippen molar-refractivity contribution < 1.29 is 29.0 Å². The van der Waals surface area contributed by atoms with Gasteiger partial charge >= 0.3 is 17.9 Å². The SMILES string of the molecule is CCCCC(=O)OC(C)C(=O)OC(C)C(=O)O. The normalized spacial score (nSPS) is 13.6. The highest BCUT2D eigenvalue weighted by molar-refractivity contribution is 5.82. The van der Waals surface area contributed by atoms with E-state index in [2.05, 4.69) is 4.74 Å². The van der Waals surface area contributed by atoms with Gasteiger partial charge in [-0.15, -0.1) is 0 Å². The fourth-order valence-corrected chi connectivity index (χ4v) is 0.946. The lowest BCUT2D eigenvalue weighted by Gasteiger charge is -2.14. The van der Waals surface area contributed by atoms with Crippen LogP contribution < -0.4 is 0 Å². The standard InChI is InChI=1S/C11H18O6/c1-4-5-6-9(12)16-8(3)11(15)17-7(2)10(13)14/h7-8H,4-6H2,1-3H3,(H,13,14). The summed E-state index contributed by atoms with van der Waals surface area (Å²) in [6, 6.07) is 0. The summed E-state index contributed by atoms with van der Waals surface area (Å²) in [5.74, 6) is -2.59. The Labute approximate surface area is 99.9 Å². The van der Waals surface area contributed by atoms with Crippen molar-refractivity contribution in [2.45, 2.75) is 52.2 Å². The zero-order chi connectivity index (χ0) is 13.4. The Hall–Kier alpha value is -1.59. The van der Waals surface area contributed by atoms with E-state index in [-0.39, 0.29) is 6.42 Å². The molecule has 0 aromatic rings. The first-order chi connectivity index (χ1) is 7.88. The zero-order valence-corrected chi connectivity index (χ0v) is 10.3. The number of hydrogen-bond acceptors (Lipinski definition) is 5. The predicted molar refractivity (Wildman–Crippen MR) is 58.3 cm³/mol.